The predicted molar refractivity (Wildman–Crippen MR) is 114 cm³/mol. The maximum absolute atomic E-state index is 13.0. The number of ketones is 1. The number of likely N-dealkylation sites (tertiary alicyclic amines) is 1. The second kappa shape index (κ2) is 8.61. The Labute approximate surface area is 184 Å². The molecule has 0 saturated carbocycles. The Bertz CT molecular complexity index is 1040. The van der Waals surface area contributed by atoms with E-state index in [-0.39, 0.29) is 35.5 Å². The zero-order valence-corrected chi connectivity index (χ0v) is 17.6. The van der Waals surface area contributed by atoms with Crippen molar-refractivity contribution in [2.24, 2.45) is 0 Å². The summed E-state index contributed by atoms with van der Waals surface area (Å²) >= 11 is 5.94. The Hall–Kier alpha value is -3.03. The second-order valence-corrected chi connectivity index (χ2v) is 7.96. The number of carbonyl (C=O) groups excluding carboxylic acids is 2. The molecule has 162 valence electrons. The van der Waals surface area contributed by atoms with Crippen molar-refractivity contribution >= 4 is 29.1 Å². The fourth-order valence-electron chi connectivity index (χ4n) is 4.05. The molecule has 2 aliphatic heterocycles. The fraction of sp³-hybridized carbons (Fsp3) is 0.304. The van der Waals surface area contributed by atoms with Crippen molar-refractivity contribution in [3.63, 3.8) is 0 Å². The molecule has 2 atom stereocenters. The van der Waals surface area contributed by atoms with Crippen LogP contribution in [-0.4, -0.2) is 53.2 Å². The number of hydrogen-bond acceptors (Lipinski definition) is 6. The van der Waals surface area contributed by atoms with Crippen LogP contribution < -0.4 is 4.74 Å². The summed E-state index contributed by atoms with van der Waals surface area (Å²) in [6.45, 7) is 0.826. The lowest BCUT2D eigenvalue weighted by molar-refractivity contribution is -0.140. The van der Waals surface area contributed by atoms with Crippen LogP contribution in [0.3, 0.4) is 0 Å². The first-order chi connectivity index (χ1) is 14.9. The van der Waals surface area contributed by atoms with E-state index in [4.69, 9.17) is 21.1 Å². The highest BCUT2D eigenvalue weighted by atomic mass is 35.5. The Morgan fingerprint density at radius 3 is 2.61 bits per heavy atom. The Morgan fingerprint density at radius 2 is 1.97 bits per heavy atom. The number of nitrogens with zero attached hydrogens (tertiary/aromatic N) is 1. The average Bonchev–Trinajstić information content (AvgIpc) is 3.37. The molecule has 2 fully saturated rings. The first-order valence-corrected chi connectivity index (χ1v) is 10.3. The van der Waals surface area contributed by atoms with E-state index < -0.39 is 17.7 Å². The molecule has 0 radical (unpaired) electrons. The van der Waals surface area contributed by atoms with Gasteiger partial charge in [0.05, 0.1) is 24.8 Å². The number of phenols is 1. The van der Waals surface area contributed by atoms with Gasteiger partial charge in [0.1, 0.15) is 5.76 Å². The molecule has 2 aromatic carbocycles. The molecule has 2 heterocycles. The molecule has 0 aromatic heterocycles. The lowest BCUT2D eigenvalue weighted by Gasteiger charge is -2.27. The molecule has 2 aliphatic rings. The number of phenolic OH excluding ortho intramolecular Hbond substituents is 1. The van der Waals surface area contributed by atoms with Crippen molar-refractivity contribution in [3.8, 4) is 11.5 Å². The van der Waals surface area contributed by atoms with E-state index in [1.54, 1.807) is 36.4 Å². The minimum atomic E-state index is -0.852. The van der Waals surface area contributed by atoms with Gasteiger partial charge in [0.15, 0.2) is 11.5 Å². The smallest absolute Gasteiger partial charge is 0.295 e. The molecule has 0 aliphatic carbocycles. The van der Waals surface area contributed by atoms with Crippen LogP contribution in [0.25, 0.3) is 5.76 Å². The van der Waals surface area contributed by atoms with Crippen molar-refractivity contribution < 1.29 is 29.3 Å². The fourth-order valence-corrected chi connectivity index (χ4v) is 4.18. The molecule has 31 heavy (non-hydrogen) atoms. The number of aromatic hydroxyl groups is 1. The first-order valence-electron chi connectivity index (χ1n) is 9.93. The van der Waals surface area contributed by atoms with Crippen molar-refractivity contribution in [1.82, 2.24) is 4.90 Å². The number of methoxy groups -OCH3 is 1. The minimum absolute atomic E-state index is 0.0296. The Kier molecular flexibility index (Phi) is 5.89. The topological polar surface area (TPSA) is 96.3 Å². The molecule has 2 saturated heterocycles. The number of Topliss-reactive ketones (excluding diaryl/α,β-unsaturated/α-hetero) is 1. The molecule has 7 nitrogen and oxygen atoms in total. The van der Waals surface area contributed by atoms with E-state index in [0.29, 0.717) is 22.8 Å². The number of rotatable bonds is 5. The summed E-state index contributed by atoms with van der Waals surface area (Å²) in [5.74, 6) is -1.64. The summed E-state index contributed by atoms with van der Waals surface area (Å²) < 4.78 is 10.9. The molecule has 2 N–H and O–H groups in total. The highest BCUT2D eigenvalue weighted by molar-refractivity contribution is 6.46. The average molecular weight is 444 g/mol. The third-order valence-corrected chi connectivity index (χ3v) is 5.85. The van der Waals surface area contributed by atoms with Gasteiger partial charge >= 0.3 is 0 Å². The normalized spacial score (nSPS) is 22.8. The van der Waals surface area contributed by atoms with Crippen LogP contribution in [0.1, 0.15) is 30.0 Å². The molecule has 2 aromatic rings. The molecular weight excluding hydrogens is 422 g/mol. The van der Waals surface area contributed by atoms with Crippen LogP contribution in [0.2, 0.25) is 5.02 Å². The van der Waals surface area contributed by atoms with Crippen molar-refractivity contribution in [2.75, 3.05) is 20.3 Å². The number of amides is 1. The maximum atomic E-state index is 13.0. The van der Waals surface area contributed by atoms with Gasteiger partial charge in [-0.2, -0.15) is 0 Å². The largest absolute Gasteiger partial charge is 0.507 e. The molecule has 8 heteroatoms. The van der Waals surface area contributed by atoms with Crippen LogP contribution in [0.15, 0.2) is 48.0 Å². The predicted octanol–water partition coefficient (Wildman–Crippen LogP) is 3.65. The Balaban J connectivity index is 1.85. The number of aliphatic hydroxyl groups excluding tert-OH is 1. The first kappa shape index (κ1) is 21.2. The van der Waals surface area contributed by atoms with Gasteiger partial charge in [0.25, 0.3) is 11.7 Å². The summed E-state index contributed by atoms with van der Waals surface area (Å²) in [6, 6.07) is 10.1. The van der Waals surface area contributed by atoms with E-state index in [1.165, 1.54) is 18.1 Å². The second-order valence-electron chi connectivity index (χ2n) is 7.52. The number of hydrogen-bond donors (Lipinski definition) is 2. The van der Waals surface area contributed by atoms with Crippen LogP contribution >= 0.6 is 11.6 Å². The zero-order valence-electron chi connectivity index (χ0n) is 16.9. The maximum Gasteiger partial charge on any atom is 0.295 e. The van der Waals surface area contributed by atoms with E-state index in [9.17, 15) is 19.8 Å². The lowest BCUT2D eigenvalue weighted by Crippen LogP contribution is -2.36. The zero-order chi connectivity index (χ0) is 22.1. The van der Waals surface area contributed by atoms with Crippen LogP contribution in [-0.2, 0) is 14.3 Å². The third kappa shape index (κ3) is 3.98. The summed E-state index contributed by atoms with van der Waals surface area (Å²) in [6.07, 6.45) is 1.48. The van der Waals surface area contributed by atoms with Gasteiger partial charge in [0.2, 0.25) is 0 Å². The van der Waals surface area contributed by atoms with Crippen LogP contribution in [0, 0.1) is 0 Å². The van der Waals surface area contributed by atoms with Crippen LogP contribution in [0.5, 0.6) is 11.5 Å². The third-order valence-electron chi connectivity index (χ3n) is 5.60. The van der Waals surface area contributed by atoms with E-state index >= 15 is 0 Å². The summed E-state index contributed by atoms with van der Waals surface area (Å²) in [7, 11) is 1.41. The van der Waals surface area contributed by atoms with Crippen LogP contribution in [0.4, 0.5) is 0 Å². The van der Waals surface area contributed by atoms with Gasteiger partial charge in [-0.1, -0.05) is 17.7 Å². The van der Waals surface area contributed by atoms with Crippen molar-refractivity contribution in [3.05, 3.63) is 64.2 Å². The van der Waals surface area contributed by atoms with Gasteiger partial charge < -0.3 is 24.6 Å². The number of carbonyl (C=O) groups is 2. The summed E-state index contributed by atoms with van der Waals surface area (Å²) in [5, 5.41) is 21.5. The molecule has 4 rings (SSSR count). The number of ether oxygens (including phenoxy) is 2. The molecule has 0 spiro atoms. The van der Waals surface area contributed by atoms with Gasteiger partial charge in [-0.25, -0.2) is 0 Å². The van der Waals surface area contributed by atoms with E-state index in [2.05, 4.69) is 0 Å². The molecular formula is C23H22ClNO6. The minimum Gasteiger partial charge on any atom is -0.507 e. The molecule has 0 unspecified atom stereocenters. The van der Waals surface area contributed by atoms with Gasteiger partial charge in [-0.3, -0.25) is 9.59 Å². The summed E-state index contributed by atoms with van der Waals surface area (Å²) in [5.41, 5.74) is 0.871. The van der Waals surface area contributed by atoms with Gasteiger partial charge in [0, 0.05) is 23.7 Å². The monoisotopic (exact) mass is 443 g/mol. The SMILES string of the molecule is COc1cc([C@@H]2/C(=C(\O)c3ccc(Cl)cc3)C(=O)C(=O)N2C[C@H]2CCCO2)ccc1O. The lowest BCUT2D eigenvalue weighted by atomic mass is 9.95. The number of aliphatic hydroxyl groups is 1. The molecule has 0 bridgehead atoms. The molecule has 1 amide bonds. The van der Waals surface area contributed by atoms with Crippen molar-refractivity contribution in [1.29, 1.82) is 0 Å². The highest BCUT2D eigenvalue weighted by Crippen LogP contribution is 2.42. The highest BCUT2D eigenvalue weighted by Gasteiger charge is 2.47. The number of benzene rings is 2. The number of halogens is 1. The van der Waals surface area contributed by atoms with E-state index in [0.717, 1.165) is 12.8 Å². The Morgan fingerprint density at radius 1 is 1.23 bits per heavy atom. The quantitative estimate of drug-likeness (QED) is 0.416. The van der Waals surface area contributed by atoms with Gasteiger partial charge in [-0.05, 0) is 54.8 Å². The van der Waals surface area contributed by atoms with Crippen molar-refractivity contribution in [2.45, 2.75) is 25.0 Å². The standard InChI is InChI=1S/C23H22ClNO6/c1-30-18-11-14(6-9-17(18)26)20-19(21(27)13-4-7-15(24)8-5-13)22(28)23(29)25(20)12-16-3-2-10-31-16/h4-9,11,16,20,26-27H,2-3,10,12H2,1H3/b21-19+/t16-,20-/m1/s1. The summed E-state index contributed by atoms with van der Waals surface area (Å²) in [4.78, 5) is 27.4. The van der Waals surface area contributed by atoms with Gasteiger partial charge in [-0.15, -0.1) is 0 Å². The van der Waals surface area contributed by atoms with E-state index in [1.807, 2.05) is 0 Å².